The largest absolute Gasteiger partial charge is 0.370 e. The van der Waals surface area contributed by atoms with E-state index in [-0.39, 0.29) is 6.10 Å². The number of morpholine rings is 1. The van der Waals surface area contributed by atoms with Gasteiger partial charge in [0.25, 0.3) is 0 Å². The van der Waals surface area contributed by atoms with Crippen LogP contribution < -0.4 is 5.32 Å². The summed E-state index contributed by atoms with van der Waals surface area (Å²) >= 11 is 0. The van der Waals surface area contributed by atoms with Crippen molar-refractivity contribution in [3.8, 4) is 0 Å². The third kappa shape index (κ3) is 2.86. The van der Waals surface area contributed by atoms with Crippen LogP contribution in [0.1, 0.15) is 28.8 Å². The van der Waals surface area contributed by atoms with E-state index in [2.05, 4.69) is 60.8 Å². The number of aryl methyl sites for hydroxylation is 1. The van der Waals surface area contributed by atoms with E-state index in [4.69, 9.17) is 4.74 Å². The summed E-state index contributed by atoms with van der Waals surface area (Å²) in [6, 6.07) is 19.4. The molecule has 2 aromatic carbocycles. The molecule has 1 saturated heterocycles. The molecule has 3 rings (SSSR count). The van der Waals surface area contributed by atoms with Crippen molar-refractivity contribution in [2.24, 2.45) is 0 Å². The SMILES string of the molecule is Cc1ccc(C2CNC(c3ccccc3)CO2)cc1. The monoisotopic (exact) mass is 253 g/mol. The van der Waals surface area contributed by atoms with Crippen molar-refractivity contribution < 1.29 is 4.74 Å². The first-order valence-corrected chi connectivity index (χ1v) is 6.79. The standard InChI is InChI=1S/C17H19NO/c1-13-7-9-15(10-8-13)17-11-18-16(12-19-17)14-5-3-2-4-6-14/h2-10,16-18H,11-12H2,1H3. The van der Waals surface area contributed by atoms with Crippen LogP contribution >= 0.6 is 0 Å². The molecule has 1 aliphatic rings. The van der Waals surface area contributed by atoms with E-state index < -0.39 is 0 Å². The van der Waals surface area contributed by atoms with Crippen molar-refractivity contribution >= 4 is 0 Å². The molecule has 98 valence electrons. The summed E-state index contributed by atoms with van der Waals surface area (Å²) in [7, 11) is 0. The molecule has 0 saturated carbocycles. The van der Waals surface area contributed by atoms with Crippen LogP contribution in [0.3, 0.4) is 0 Å². The van der Waals surface area contributed by atoms with Crippen molar-refractivity contribution in [2.45, 2.75) is 19.1 Å². The molecule has 0 spiro atoms. The number of rotatable bonds is 2. The quantitative estimate of drug-likeness (QED) is 0.885. The minimum Gasteiger partial charge on any atom is -0.370 e. The van der Waals surface area contributed by atoms with Crippen LogP contribution in [-0.4, -0.2) is 13.2 Å². The highest BCUT2D eigenvalue weighted by atomic mass is 16.5. The van der Waals surface area contributed by atoms with Gasteiger partial charge in [-0.3, -0.25) is 0 Å². The molecule has 19 heavy (non-hydrogen) atoms. The Labute approximate surface area is 114 Å². The van der Waals surface area contributed by atoms with Gasteiger partial charge in [-0.15, -0.1) is 0 Å². The van der Waals surface area contributed by atoms with Crippen LogP contribution in [0, 0.1) is 6.92 Å². The lowest BCUT2D eigenvalue weighted by molar-refractivity contribution is 0.00237. The summed E-state index contributed by atoms with van der Waals surface area (Å²) in [5, 5.41) is 3.57. The van der Waals surface area contributed by atoms with Crippen LogP contribution in [0.4, 0.5) is 0 Å². The van der Waals surface area contributed by atoms with Gasteiger partial charge >= 0.3 is 0 Å². The molecule has 0 aliphatic carbocycles. The Hall–Kier alpha value is -1.64. The normalized spacial score (nSPS) is 23.2. The predicted octanol–water partition coefficient (Wildman–Crippen LogP) is 3.40. The molecule has 1 fully saturated rings. The fourth-order valence-electron chi connectivity index (χ4n) is 2.47. The van der Waals surface area contributed by atoms with Crippen molar-refractivity contribution in [2.75, 3.05) is 13.2 Å². The summed E-state index contributed by atoms with van der Waals surface area (Å²) in [6.07, 6.45) is 0.167. The summed E-state index contributed by atoms with van der Waals surface area (Å²) in [6.45, 7) is 3.69. The molecule has 2 atom stereocenters. The Morgan fingerprint density at radius 2 is 1.68 bits per heavy atom. The Morgan fingerprint density at radius 3 is 2.32 bits per heavy atom. The molecular weight excluding hydrogens is 234 g/mol. The van der Waals surface area contributed by atoms with Gasteiger partial charge in [-0.1, -0.05) is 60.2 Å². The lowest BCUT2D eigenvalue weighted by Gasteiger charge is -2.31. The van der Waals surface area contributed by atoms with Gasteiger partial charge in [-0.2, -0.15) is 0 Å². The zero-order chi connectivity index (χ0) is 13.1. The molecule has 2 nitrogen and oxygen atoms in total. The van der Waals surface area contributed by atoms with E-state index in [1.165, 1.54) is 16.7 Å². The number of benzene rings is 2. The fraction of sp³-hybridized carbons (Fsp3) is 0.294. The summed E-state index contributed by atoms with van der Waals surface area (Å²) in [5.41, 5.74) is 3.84. The Kier molecular flexibility index (Phi) is 3.62. The number of hydrogen-bond donors (Lipinski definition) is 1. The molecule has 0 aromatic heterocycles. The summed E-state index contributed by atoms with van der Waals surface area (Å²) in [5.74, 6) is 0. The second-order valence-corrected chi connectivity index (χ2v) is 5.10. The van der Waals surface area contributed by atoms with Gasteiger partial charge < -0.3 is 10.1 Å². The maximum absolute atomic E-state index is 6.01. The summed E-state index contributed by atoms with van der Waals surface area (Å²) < 4.78 is 6.01. The number of hydrogen-bond acceptors (Lipinski definition) is 2. The highest BCUT2D eigenvalue weighted by molar-refractivity contribution is 5.25. The zero-order valence-corrected chi connectivity index (χ0v) is 11.2. The lowest BCUT2D eigenvalue weighted by atomic mass is 10.0. The van der Waals surface area contributed by atoms with Gasteiger partial charge in [0.2, 0.25) is 0 Å². The molecule has 2 unspecified atom stereocenters. The molecule has 2 heteroatoms. The second kappa shape index (κ2) is 5.55. The van der Waals surface area contributed by atoms with E-state index >= 15 is 0 Å². The van der Waals surface area contributed by atoms with Gasteiger partial charge in [0, 0.05) is 6.54 Å². The molecule has 1 heterocycles. The maximum atomic E-state index is 6.01. The van der Waals surface area contributed by atoms with Gasteiger partial charge in [-0.05, 0) is 18.1 Å². The first-order valence-electron chi connectivity index (χ1n) is 6.79. The van der Waals surface area contributed by atoms with Crippen molar-refractivity contribution in [1.29, 1.82) is 0 Å². The van der Waals surface area contributed by atoms with E-state index in [1.807, 2.05) is 6.07 Å². The fourth-order valence-corrected chi connectivity index (χ4v) is 2.47. The smallest absolute Gasteiger partial charge is 0.0950 e. The molecule has 2 aromatic rings. The minimum atomic E-state index is 0.167. The van der Waals surface area contributed by atoms with Crippen molar-refractivity contribution in [1.82, 2.24) is 5.32 Å². The van der Waals surface area contributed by atoms with Crippen LogP contribution in [0.25, 0.3) is 0 Å². The molecule has 1 N–H and O–H groups in total. The van der Waals surface area contributed by atoms with Crippen molar-refractivity contribution in [3.05, 3.63) is 71.3 Å². The van der Waals surface area contributed by atoms with E-state index in [0.29, 0.717) is 6.04 Å². The summed E-state index contributed by atoms with van der Waals surface area (Å²) in [4.78, 5) is 0. The van der Waals surface area contributed by atoms with Gasteiger partial charge in [0.05, 0.1) is 18.8 Å². The van der Waals surface area contributed by atoms with Crippen LogP contribution in [-0.2, 0) is 4.74 Å². The minimum absolute atomic E-state index is 0.167. The first-order chi connectivity index (χ1) is 9.33. The predicted molar refractivity (Wildman–Crippen MR) is 77.1 cm³/mol. The first kappa shape index (κ1) is 12.4. The lowest BCUT2D eigenvalue weighted by Crippen LogP contribution is -2.36. The average Bonchev–Trinajstić information content (AvgIpc) is 2.49. The van der Waals surface area contributed by atoms with E-state index in [0.717, 1.165) is 13.2 Å². The Balaban J connectivity index is 1.65. The Morgan fingerprint density at radius 1 is 0.947 bits per heavy atom. The highest BCUT2D eigenvalue weighted by Gasteiger charge is 2.22. The van der Waals surface area contributed by atoms with Crippen LogP contribution in [0.2, 0.25) is 0 Å². The zero-order valence-electron chi connectivity index (χ0n) is 11.2. The highest BCUT2D eigenvalue weighted by Crippen LogP contribution is 2.25. The van der Waals surface area contributed by atoms with E-state index in [1.54, 1.807) is 0 Å². The Bertz CT molecular complexity index is 513. The molecule has 0 amide bonds. The molecular formula is C17H19NO. The maximum Gasteiger partial charge on any atom is 0.0950 e. The van der Waals surface area contributed by atoms with Crippen molar-refractivity contribution in [3.63, 3.8) is 0 Å². The topological polar surface area (TPSA) is 21.3 Å². The number of nitrogens with one attached hydrogen (secondary N) is 1. The van der Waals surface area contributed by atoms with E-state index in [9.17, 15) is 0 Å². The van der Waals surface area contributed by atoms with Gasteiger partial charge in [0.15, 0.2) is 0 Å². The van der Waals surface area contributed by atoms with Gasteiger partial charge in [0.1, 0.15) is 0 Å². The van der Waals surface area contributed by atoms with Crippen LogP contribution in [0.5, 0.6) is 0 Å². The van der Waals surface area contributed by atoms with Gasteiger partial charge in [-0.25, -0.2) is 0 Å². The third-order valence-electron chi connectivity index (χ3n) is 3.66. The molecule has 1 aliphatic heterocycles. The average molecular weight is 253 g/mol. The third-order valence-corrected chi connectivity index (χ3v) is 3.66. The molecule has 0 bridgehead atoms. The van der Waals surface area contributed by atoms with Crippen LogP contribution in [0.15, 0.2) is 54.6 Å². The second-order valence-electron chi connectivity index (χ2n) is 5.10. The number of ether oxygens (including phenoxy) is 1. The molecule has 0 radical (unpaired) electrons.